The molecule has 3 heteroatoms. The number of cyclic esters (lactones) is 1. The Kier molecular flexibility index (Phi) is 3.47. The molecule has 4 aromatic carbocycles. The lowest BCUT2D eigenvalue weighted by atomic mass is 9.95. The van der Waals surface area contributed by atoms with E-state index >= 15 is 0 Å². The molecule has 1 aliphatic rings. The molecule has 0 saturated carbocycles. The van der Waals surface area contributed by atoms with Gasteiger partial charge >= 0.3 is 11.8 Å². The van der Waals surface area contributed by atoms with Crippen molar-refractivity contribution >= 4 is 16.7 Å². The van der Waals surface area contributed by atoms with Crippen LogP contribution in [0.5, 0.6) is 5.75 Å². The lowest BCUT2D eigenvalue weighted by molar-refractivity contribution is -0.108. The fourth-order valence-electron chi connectivity index (χ4n) is 3.59. The molecule has 5 rings (SSSR count). The second kappa shape index (κ2) is 5.99. The second-order valence-corrected chi connectivity index (χ2v) is 6.53. The largest absolute Gasteiger partial charge is 0.444 e. The van der Waals surface area contributed by atoms with Crippen LogP contribution in [0.15, 0.2) is 97.1 Å². The third kappa shape index (κ3) is 2.48. The van der Waals surface area contributed by atoms with E-state index in [9.17, 15) is 4.79 Å². The number of carbonyl (C=O) groups excluding carboxylic acids is 1. The van der Waals surface area contributed by atoms with Crippen LogP contribution >= 0.6 is 0 Å². The molecule has 0 bridgehead atoms. The van der Waals surface area contributed by atoms with Gasteiger partial charge in [0.25, 0.3) is 0 Å². The highest BCUT2D eigenvalue weighted by atomic mass is 16.7. The summed E-state index contributed by atoms with van der Waals surface area (Å²) < 4.78 is 12.3. The highest BCUT2D eigenvalue weighted by Gasteiger charge is 2.49. The molecular formula is C24H16O3. The Hall–Kier alpha value is -3.59. The van der Waals surface area contributed by atoms with Crippen LogP contribution < -0.4 is 4.74 Å². The van der Waals surface area contributed by atoms with E-state index in [1.165, 1.54) is 0 Å². The highest BCUT2D eigenvalue weighted by molar-refractivity contribution is 5.95. The van der Waals surface area contributed by atoms with Crippen LogP contribution in [-0.2, 0) is 10.5 Å². The predicted molar refractivity (Wildman–Crippen MR) is 104 cm³/mol. The summed E-state index contributed by atoms with van der Waals surface area (Å²) >= 11 is 0. The first-order valence-corrected chi connectivity index (χ1v) is 8.82. The van der Waals surface area contributed by atoms with Crippen molar-refractivity contribution in [2.75, 3.05) is 0 Å². The molecule has 0 aliphatic carbocycles. The van der Waals surface area contributed by atoms with E-state index in [4.69, 9.17) is 9.47 Å². The molecule has 0 aromatic heterocycles. The third-order valence-electron chi connectivity index (χ3n) is 4.87. The number of carbonyl (C=O) groups is 1. The number of rotatable bonds is 3. The molecule has 4 aromatic rings. The zero-order chi connectivity index (χ0) is 18.3. The van der Waals surface area contributed by atoms with Gasteiger partial charge < -0.3 is 9.47 Å². The van der Waals surface area contributed by atoms with E-state index in [-0.39, 0.29) is 5.97 Å². The van der Waals surface area contributed by atoms with Crippen molar-refractivity contribution in [3.05, 3.63) is 114 Å². The first kappa shape index (κ1) is 15.6. The molecule has 27 heavy (non-hydrogen) atoms. The molecule has 0 N–H and O–H groups in total. The van der Waals surface area contributed by atoms with Crippen molar-refractivity contribution in [2.24, 2.45) is 0 Å². The summed E-state index contributed by atoms with van der Waals surface area (Å²) in [5, 5.41) is 2.19. The second-order valence-electron chi connectivity index (χ2n) is 6.53. The topological polar surface area (TPSA) is 35.5 Å². The fraction of sp³-hybridized carbons (Fsp3) is 0.0417. The summed E-state index contributed by atoms with van der Waals surface area (Å²) in [5.74, 6) is -1.03. The van der Waals surface area contributed by atoms with Crippen LogP contribution in [0.4, 0.5) is 0 Å². The summed E-state index contributed by atoms with van der Waals surface area (Å²) in [6.07, 6.45) is 0. The molecule has 130 valence electrons. The van der Waals surface area contributed by atoms with E-state index in [0.717, 1.165) is 16.3 Å². The maximum Gasteiger partial charge on any atom is 0.342 e. The lowest BCUT2D eigenvalue weighted by Crippen LogP contribution is -2.34. The Morgan fingerprint density at radius 2 is 1.41 bits per heavy atom. The van der Waals surface area contributed by atoms with Crippen molar-refractivity contribution in [3.63, 3.8) is 0 Å². The average molecular weight is 352 g/mol. The van der Waals surface area contributed by atoms with Gasteiger partial charge in [0.1, 0.15) is 5.75 Å². The maximum atomic E-state index is 12.6. The average Bonchev–Trinajstić information content (AvgIpc) is 3.02. The molecule has 1 aliphatic heterocycles. The van der Waals surface area contributed by atoms with Gasteiger partial charge in [0, 0.05) is 5.56 Å². The number of benzene rings is 4. The van der Waals surface area contributed by atoms with Crippen LogP contribution in [0.25, 0.3) is 10.8 Å². The summed E-state index contributed by atoms with van der Waals surface area (Å²) in [5.41, 5.74) is 2.02. The van der Waals surface area contributed by atoms with Crippen molar-refractivity contribution < 1.29 is 14.3 Å². The van der Waals surface area contributed by atoms with Gasteiger partial charge in [-0.25, -0.2) is 4.79 Å². The quantitative estimate of drug-likeness (QED) is 0.470. The van der Waals surface area contributed by atoms with Gasteiger partial charge in [-0.15, -0.1) is 0 Å². The standard InChI is InChI=1S/C24H16O3/c25-23-21-12-6-7-13-22(21)24(27-23,19-10-2-1-3-11-19)26-20-15-14-17-8-4-5-9-18(17)16-20/h1-16H. The highest BCUT2D eigenvalue weighted by Crippen LogP contribution is 2.43. The molecule has 0 fully saturated rings. The molecule has 1 atom stereocenters. The minimum atomic E-state index is -1.29. The van der Waals surface area contributed by atoms with Crippen molar-refractivity contribution in [1.82, 2.24) is 0 Å². The number of hydrogen-bond donors (Lipinski definition) is 0. The maximum absolute atomic E-state index is 12.6. The van der Waals surface area contributed by atoms with E-state index in [1.54, 1.807) is 6.07 Å². The normalized spacial score (nSPS) is 18.1. The van der Waals surface area contributed by atoms with E-state index in [0.29, 0.717) is 16.9 Å². The summed E-state index contributed by atoms with van der Waals surface area (Å²) in [6, 6.07) is 30.9. The molecule has 1 heterocycles. The zero-order valence-electron chi connectivity index (χ0n) is 14.5. The Morgan fingerprint density at radius 3 is 2.26 bits per heavy atom. The number of esters is 1. The number of fused-ring (bicyclic) bond motifs is 2. The minimum absolute atomic E-state index is 0.379. The zero-order valence-corrected chi connectivity index (χ0v) is 14.5. The van der Waals surface area contributed by atoms with Crippen LogP contribution in [0.3, 0.4) is 0 Å². The van der Waals surface area contributed by atoms with Crippen molar-refractivity contribution in [2.45, 2.75) is 5.79 Å². The molecule has 0 spiro atoms. The van der Waals surface area contributed by atoms with Gasteiger partial charge in [-0.2, -0.15) is 0 Å². The SMILES string of the molecule is O=C1OC(Oc2ccc3ccccc3c2)(c2ccccc2)c2ccccc21. The third-order valence-corrected chi connectivity index (χ3v) is 4.87. The summed E-state index contributed by atoms with van der Waals surface area (Å²) in [7, 11) is 0. The van der Waals surface area contributed by atoms with Gasteiger partial charge in [0.15, 0.2) is 0 Å². The number of ether oxygens (including phenoxy) is 2. The first-order chi connectivity index (χ1) is 13.3. The van der Waals surface area contributed by atoms with Crippen LogP contribution in [0, 0.1) is 0 Å². The molecule has 3 nitrogen and oxygen atoms in total. The van der Waals surface area contributed by atoms with E-state index < -0.39 is 5.79 Å². The van der Waals surface area contributed by atoms with Crippen LogP contribution in [0.2, 0.25) is 0 Å². The van der Waals surface area contributed by atoms with Crippen molar-refractivity contribution in [1.29, 1.82) is 0 Å². The lowest BCUT2D eigenvalue weighted by Gasteiger charge is -2.30. The molecule has 0 amide bonds. The van der Waals surface area contributed by atoms with Crippen LogP contribution in [0.1, 0.15) is 21.5 Å². The van der Waals surface area contributed by atoms with Gasteiger partial charge in [-0.3, -0.25) is 0 Å². The Balaban J connectivity index is 1.69. The monoisotopic (exact) mass is 352 g/mol. The Bertz CT molecular complexity index is 1150. The minimum Gasteiger partial charge on any atom is -0.444 e. The summed E-state index contributed by atoms with van der Waals surface area (Å²) in [4.78, 5) is 12.6. The molecule has 1 unspecified atom stereocenters. The van der Waals surface area contributed by atoms with E-state index in [1.807, 2.05) is 84.9 Å². The van der Waals surface area contributed by atoms with Gasteiger partial charge in [-0.1, -0.05) is 72.8 Å². The van der Waals surface area contributed by atoms with Gasteiger partial charge in [-0.05, 0) is 35.0 Å². The molecule has 0 radical (unpaired) electrons. The fourth-order valence-corrected chi connectivity index (χ4v) is 3.59. The Morgan fingerprint density at radius 1 is 0.704 bits per heavy atom. The number of hydrogen-bond acceptors (Lipinski definition) is 3. The summed E-state index contributed by atoms with van der Waals surface area (Å²) in [6.45, 7) is 0. The smallest absolute Gasteiger partial charge is 0.342 e. The van der Waals surface area contributed by atoms with E-state index in [2.05, 4.69) is 6.07 Å². The van der Waals surface area contributed by atoms with Crippen molar-refractivity contribution in [3.8, 4) is 5.75 Å². The molecule has 0 saturated heterocycles. The van der Waals surface area contributed by atoms with Gasteiger partial charge in [0.05, 0.1) is 11.1 Å². The van der Waals surface area contributed by atoms with Crippen LogP contribution in [-0.4, -0.2) is 5.97 Å². The first-order valence-electron chi connectivity index (χ1n) is 8.82. The predicted octanol–water partition coefficient (Wildman–Crippen LogP) is 5.29. The van der Waals surface area contributed by atoms with Gasteiger partial charge in [0.2, 0.25) is 0 Å². The molecular weight excluding hydrogens is 336 g/mol. The Labute approximate surface area is 156 Å².